The minimum absolute atomic E-state index is 0.120. The van der Waals surface area contributed by atoms with Gasteiger partial charge in [-0.2, -0.15) is 0 Å². The summed E-state index contributed by atoms with van der Waals surface area (Å²) in [7, 11) is 0. The van der Waals surface area contributed by atoms with Gasteiger partial charge < -0.3 is 9.72 Å². The largest absolute Gasteiger partial charge is 0.425 e. The van der Waals surface area contributed by atoms with E-state index in [0.29, 0.717) is 12.2 Å². The molecule has 0 aromatic carbocycles. The number of unbranched alkanes of at least 4 members (excludes halogenated alkanes) is 10. The maximum Gasteiger partial charge on any atom is 0.311 e. The van der Waals surface area contributed by atoms with Gasteiger partial charge >= 0.3 is 5.97 Å². The standard InChI is InChI=1S/C18H31NO2/c1-2-3-4-5-6-7-8-9-10-11-12-13-18(20)21-17-14-15-19-16-17/h14-16,19H,2-13H2,1H3. The van der Waals surface area contributed by atoms with Crippen molar-refractivity contribution in [1.29, 1.82) is 0 Å². The zero-order chi connectivity index (χ0) is 15.2. The SMILES string of the molecule is CCCCCCCCCCCCCC(=O)Oc1cc[nH]c1. The Morgan fingerprint density at radius 3 is 2.05 bits per heavy atom. The number of carbonyl (C=O) groups excluding carboxylic acids is 1. The number of hydrogen-bond acceptors (Lipinski definition) is 2. The van der Waals surface area contributed by atoms with Crippen LogP contribution in [0.5, 0.6) is 5.75 Å². The summed E-state index contributed by atoms with van der Waals surface area (Å²) >= 11 is 0. The number of carbonyl (C=O) groups is 1. The lowest BCUT2D eigenvalue weighted by molar-refractivity contribution is -0.134. The average molecular weight is 293 g/mol. The van der Waals surface area contributed by atoms with Crippen LogP contribution in [0.25, 0.3) is 0 Å². The number of ether oxygens (including phenoxy) is 1. The molecule has 0 amide bonds. The summed E-state index contributed by atoms with van der Waals surface area (Å²) in [4.78, 5) is 14.4. The lowest BCUT2D eigenvalue weighted by atomic mass is 10.1. The zero-order valence-corrected chi connectivity index (χ0v) is 13.5. The van der Waals surface area contributed by atoms with Gasteiger partial charge in [-0.25, -0.2) is 0 Å². The van der Waals surface area contributed by atoms with Crippen molar-refractivity contribution < 1.29 is 9.53 Å². The Hall–Kier alpha value is -1.25. The normalized spacial score (nSPS) is 10.7. The van der Waals surface area contributed by atoms with Crippen molar-refractivity contribution in [3.05, 3.63) is 18.5 Å². The quantitative estimate of drug-likeness (QED) is 0.379. The first kappa shape index (κ1) is 17.8. The van der Waals surface area contributed by atoms with Crippen LogP contribution in [0.1, 0.15) is 84.0 Å². The summed E-state index contributed by atoms with van der Waals surface area (Å²) in [6.45, 7) is 2.26. The van der Waals surface area contributed by atoms with E-state index in [1.807, 2.05) is 0 Å². The maximum atomic E-state index is 11.5. The molecule has 0 spiro atoms. The number of esters is 1. The van der Waals surface area contributed by atoms with Gasteiger partial charge in [0, 0.05) is 18.8 Å². The second kappa shape index (κ2) is 12.5. The molecular formula is C18H31NO2. The molecule has 0 saturated carbocycles. The molecule has 1 heterocycles. The number of nitrogens with one attached hydrogen (secondary N) is 1. The number of aromatic nitrogens is 1. The molecule has 0 aliphatic rings. The van der Waals surface area contributed by atoms with E-state index in [1.54, 1.807) is 18.5 Å². The molecule has 21 heavy (non-hydrogen) atoms. The topological polar surface area (TPSA) is 42.1 Å². The highest BCUT2D eigenvalue weighted by atomic mass is 16.5. The molecule has 120 valence electrons. The lowest BCUT2D eigenvalue weighted by Crippen LogP contribution is -2.06. The van der Waals surface area contributed by atoms with Gasteiger partial charge in [0.2, 0.25) is 0 Å². The minimum Gasteiger partial charge on any atom is -0.425 e. The first-order valence-electron chi connectivity index (χ1n) is 8.66. The van der Waals surface area contributed by atoms with Gasteiger partial charge in [-0.15, -0.1) is 0 Å². The molecule has 0 aliphatic heterocycles. The van der Waals surface area contributed by atoms with E-state index >= 15 is 0 Å². The number of hydrogen-bond donors (Lipinski definition) is 1. The predicted octanol–water partition coefficient (Wildman–Crippen LogP) is 5.62. The Kier molecular flexibility index (Phi) is 10.6. The van der Waals surface area contributed by atoms with Crippen molar-refractivity contribution in [3.63, 3.8) is 0 Å². The molecular weight excluding hydrogens is 262 g/mol. The van der Waals surface area contributed by atoms with E-state index in [2.05, 4.69) is 11.9 Å². The third kappa shape index (κ3) is 10.2. The summed E-state index contributed by atoms with van der Waals surface area (Å²) in [5.74, 6) is 0.494. The minimum atomic E-state index is -0.120. The highest BCUT2D eigenvalue weighted by Crippen LogP contribution is 2.13. The average Bonchev–Trinajstić information content (AvgIpc) is 2.97. The van der Waals surface area contributed by atoms with Gasteiger partial charge in [0.25, 0.3) is 0 Å². The van der Waals surface area contributed by atoms with Crippen LogP contribution in [-0.2, 0) is 4.79 Å². The van der Waals surface area contributed by atoms with Crippen LogP contribution >= 0.6 is 0 Å². The summed E-state index contributed by atoms with van der Waals surface area (Å²) in [6, 6.07) is 1.76. The molecule has 3 heteroatoms. The van der Waals surface area contributed by atoms with Crippen molar-refractivity contribution in [3.8, 4) is 5.75 Å². The zero-order valence-electron chi connectivity index (χ0n) is 13.5. The second-order valence-corrected chi connectivity index (χ2v) is 5.81. The molecule has 3 nitrogen and oxygen atoms in total. The number of rotatable bonds is 13. The molecule has 0 saturated heterocycles. The van der Waals surface area contributed by atoms with E-state index in [1.165, 1.54) is 57.8 Å². The lowest BCUT2D eigenvalue weighted by Gasteiger charge is -2.03. The Bertz CT molecular complexity index is 346. The predicted molar refractivity (Wildman–Crippen MR) is 87.5 cm³/mol. The Balaban J connectivity index is 1.81. The van der Waals surface area contributed by atoms with Crippen molar-refractivity contribution in [1.82, 2.24) is 4.98 Å². The fourth-order valence-corrected chi connectivity index (χ4v) is 2.49. The highest BCUT2D eigenvalue weighted by molar-refractivity contribution is 5.72. The van der Waals surface area contributed by atoms with Crippen LogP contribution in [0.2, 0.25) is 0 Å². The number of H-pyrrole nitrogens is 1. The molecule has 0 atom stereocenters. The van der Waals surface area contributed by atoms with Crippen LogP contribution in [0.4, 0.5) is 0 Å². The molecule has 1 aromatic rings. The summed E-state index contributed by atoms with van der Waals surface area (Å²) < 4.78 is 5.18. The fourth-order valence-electron chi connectivity index (χ4n) is 2.49. The van der Waals surface area contributed by atoms with Gasteiger partial charge in [0.1, 0.15) is 5.75 Å². The van der Waals surface area contributed by atoms with E-state index in [-0.39, 0.29) is 5.97 Å². The van der Waals surface area contributed by atoms with Crippen LogP contribution in [-0.4, -0.2) is 11.0 Å². The molecule has 0 radical (unpaired) electrons. The monoisotopic (exact) mass is 293 g/mol. The van der Waals surface area contributed by atoms with E-state index in [0.717, 1.165) is 12.8 Å². The van der Waals surface area contributed by atoms with Gasteiger partial charge in [-0.3, -0.25) is 4.79 Å². The second-order valence-electron chi connectivity index (χ2n) is 5.81. The molecule has 1 N–H and O–H groups in total. The van der Waals surface area contributed by atoms with E-state index in [4.69, 9.17) is 4.74 Å². The van der Waals surface area contributed by atoms with Crippen LogP contribution in [0.3, 0.4) is 0 Å². The fraction of sp³-hybridized carbons (Fsp3) is 0.722. The molecule has 1 aromatic heterocycles. The van der Waals surface area contributed by atoms with Crippen molar-refractivity contribution in [2.75, 3.05) is 0 Å². The highest BCUT2D eigenvalue weighted by Gasteiger charge is 2.04. The van der Waals surface area contributed by atoms with Crippen molar-refractivity contribution in [2.24, 2.45) is 0 Å². The van der Waals surface area contributed by atoms with Crippen LogP contribution in [0.15, 0.2) is 18.5 Å². The first-order valence-corrected chi connectivity index (χ1v) is 8.66. The summed E-state index contributed by atoms with van der Waals surface area (Å²) in [5, 5.41) is 0. The molecule has 1 rings (SSSR count). The first-order chi connectivity index (χ1) is 10.3. The Morgan fingerprint density at radius 1 is 0.952 bits per heavy atom. The molecule has 0 bridgehead atoms. The summed E-state index contributed by atoms with van der Waals surface area (Å²) in [5.41, 5.74) is 0. The van der Waals surface area contributed by atoms with Crippen molar-refractivity contribution in [2.45, 2.75) is 84.0 Å². The maximum absolute atomic E-state index is 11.5. The third-order valence-electron chi connectivity index (χ3n) is 3.79. The van der Waals surface area contributed by atoms with Gasteiger partial charge in [-0.05, 0) is 12.5 Å². The third-order valence-corrected chi connectivity index (χ3v) is 3.79. The van der Waals surface area contributed by atoms with Gasteiger partial charge in [0.05, 0.1) is 0 Å². The van der Waals surface area contributed by atoms with Crippen LogP contribution in [0, 0.1) is 0 Å². The van der Waals surface area contributed by atoms with Gasteiger partial charge in [0.15, 0.2) is 0 Å². The summed E-state index contributed by atoms with van der Waals surface area (Å²) in [6.07, 6.45) is 18.2. The van der Waals surface area contributed by atoms with Crippen LogP contribution < -0.4 is 4.74 Å². The molecule has 0 aliphatic carbocycles. The van der Waals surface area contributed by atoms with E-state index in [9.17, 15) is 4.79 Å². The molecule has 0 fully saturated rings. The Morgan fingerprint density at radius 2 is 1.52 bits per heavy atom. The van der Waals surface area contributed by atoms with E-state index < -0.39 is 0 Å². The number of aromatic amines is 1. The smallest absolute Gasteiger partial charge is 0.311 e. The van der Waals surface area contributed by atoms with Crippen molar-refractivity contribution >= 4 is 5.97 Å². The molecule has 0 unspecified atom stereocenters. The van der Waals surface area contributed by atoms with Gasteiger partial charge in [-0.1, -0.05) is 71.1 Å². The Labute approximate surface area is 129 Å².